The summed E-state index contributed by atoms with van der Waals surface area (Å²) in [5.74, 6) is -2.28. The normalized spacial score (nSPS) is 9.73. The van der Waals surface area contributed by atoms with E-state index in [0.29, 0.717) is 0 Å². The number of methoxy groups -OCH3 is 1. The SMILES string of the molecule is COC(=O)c1c([N+](=O)[O-])ccc(N)c1F. The van der Waals surface area contributed by atoms with Crippen LogP contribution in [0.25, 0.3) is 0 Å². The minimum absolute atomic E-state index is 0.346. The summed E-state index contributed by atoms with van der Waals surface area (Å²) >= 11 is 0. The molecule has 0 amide bonds. The molecule has 0 aliphatic carbocycles. The second kappa shape index (κ2) is 3.91. The molecule has 0 radical (unpaired) electrons. The topological polar surface area (TPSA) is 95.5 Å². The molecule has 0 heterocycles. The Balaban J connectivity index is 3.48. The Hall–Kier alpha value is -2.18. The minimum Gasteiger partial charge on any atom is -0.465 e. The number of nitro groups is 1. The van der Waals surface area contributed by atoms with E-state index in [9.17, 15) is 19.3 Å². The van der Waals surface area contributed by atoms with Gasteiger partial charge in [-0.2, -0.15) is 0 Å². The lowest BCUT2D eigenvalue weighted by molar-refractivity contribution is -0.385. The third-order valence-electron chi connectivity index (χ3n) is 1.74. The fourth-order valence-electron chi connectivity index (χ4n) is 1.03. The van der Waals surface area contributed by atoms with E-state index in [1.165, 1.54) is 0 Å². The highest BCUT2D eigenvalue weighted by Crippen LogP contribution is 2.26. The number of halogens is 1. The van der Waals surface area contributed by atoms with Crippen molar-refractivity contribution >= 4 is 17.3 Å². The Labute approximate surface area is 83.6 Å². The number of benzene rings is 1. The monoisotopic (exact) mass is 214 g/mol. The van der Waals surface area contributed by atoms with Crippen molar-refractivity contribution in [1.29, 1.82) is 0 Å². The molecule has 0 saturated carbocycles. The smallest absolute Gasteiger partial charge is 0.348 e. The summed E-state index contributed by atoms with van der Waals surface area (Å²) in [5.41, 5.74) is 3.40. The largest absolute Gasteiger partial charge is 0.465 e. The van der Waals surface area contributed by atoms with E-state index in [1.54, 1.807) is 0 Å². The van der Waals surface area contributed by atoms with E-state index in [4.69, 9.17) is 5.73 Å². The van der Waals surface area contributed by atoms with Gasteiger partial charge in [0.2, 0.25) is 0 Å². The van der Waals surface area contributed by atoms with Crippen LogP contribution in [0.3, 0.4) is 0 Å². The molecule has 0 aliphatic rings. The molecule has 0 spiro atoms. The van der Waals surface area contributed by atoms with Gasteiger partial charge in [0.05, 0.1) is 17.7 Å². The first-order valence-electron chi connectivity index (χ1n) is 3.79. The zero-order valence-corrected chi connectivity index (χ0v) is 7.69. The highest BCUT2D eigenvalue weighted by atomic mass is 19.1. The van der Waals surface area contributed by atoms with Crippen molar-refractivity contribution in [3.8, 4) is 0 Å². The summed E-state index contributed by atoms with van der Waals surface area (Å²) in [6, 6.07) is 1.96. The van der Waals surface area contributed by atoms with Gasteiger partial charge in [-0.3, -0.25) is 10.1 Å². The lowest BCUT2D eigenvalue weighted by Gasteiger charge is -2.04. The fourth-order valence-corrected chi connectivity index (χ4v) is 1.03. The Bertz CT molecular complexity index is 433. The second-order valence-corrected chi connectivity index (χ2v) is 2.61. The summed E-state index contributed by atoms with van der Waals surface area (Å²) in [6.07, 6.45) is 0. The van der Waals surface area contributed by atoms with Crippen LogP contribution in [0.5, 0.6) is 0 Å². The molecule has 1 aromatic rings. The number of nitrogen functional groups attached to an aromatic ring is 1. The number of rotatable bonds is 2. The lowest BCUT2D eigenvalue weighted by Crippen LogP contribution is -2.10. The zero-order valence-electron chi connectivity index (χ0n) is 7.69. The molecule has 0 aliphatic heterocycles. The van der Waals surface area contributed by atoms with Crippen LogP contribution in [0.4, 0.5) is 15.8 Å². The van der Waals surface area contributed by atoms with Gasteiger partial charge in [-0.1, -0.05) is 0 Å². The van der Waals surface area contributed by atoms with Gasteiger partial charge in [0.15, 0.2) is 11.4 Å². The van der Waals surface area contributed by atoms with E-state index in [2.05, 4.69) is 4.74 Å². The summed E-state index contributed by atoms with van der Waals surface area (Å²) in [6.45, 7) is 0. The molecule has 1 aromatic carbocycles. The fraction of sp³-hybridized carbons (Fsp3) is 0.125. The Morgan fingerprint density at radius 1 is 1.60 bits per heavy atom. The van der Waals surface area contributed by atoms with Crippen molar-refractivity contribution in [1.82, 2.24) is 0 Å². The van der Waals surface area contributed by atoms with Gasteiger partial charge in [0.1, 0.15) is 0 Å². The van der Waals surface area contributed by atoms with Crippen LogP contribution in [0, 0.1) is 15.9 Å². The van der Waals surface area contributed by atoms with Gasteiger partial charge < -0.3 is 10.5 Å². The minimum atomic E-state index is -1.14. The maximum absolute atomic E-state index is 13.3. The van der Waals surface area contributed by atoms with Crippen LogP contribution in [0.15, 0.2) is 12.1 Å². The quantitative estimate of drug-likeness (QED) is 0.344. The first-order chi connectivity index (χ1) is 6.99. The molecule has 0 unspecified atom stereocenters. The number of carbonyl (C=O) groups is 1. The van der Waals surface area contributed by atoms with E-state index in [1.807, 2.05) is 0 Å². The van der Waals surface area contributed by atoms with E-state index >= 15 is 0 Å². The third kappa shape index (κ3) is 1.85. The number of ether oxygens (including phenoxy) is 1. The predicted octanol–water partition coefficient (Wildman–Crippen LogP) is 1.10. The van der Waals surface area contributed by atoms with Crippen LogP contribution in [-0.4, -0.2) is 18.0 Å². The highest BCUT2D eigenvalue weighted by molar-refractivity contribution is 5.95. The number of hydrogen-bond donors (Lipinski definition) is 1. The molecular weight excluding hydrogens is 207 g/mol. The molecule has 0 fully saturated rings. The lowest BCUT2D eigenvalue weighted by atomic mass is 10.1. The van der Waals surface area contributed by atoms with Crippen molar-refractivity contribution < 1.29 is 18.8 Å². The van der Waals surface area contributed by atoms with E-state index < -0.39 is 28.0 Å². The predicted molar refractivity (Wildman–Crippen MR) is 48.8 cm³/mol. The van der Waals surface area contributed by atoms with E-state index in [-0.39, 0.29) is 5.69 Å². The molecule has 80 valence electrons. The van der Waals surface area contributed by atoms with Gasteiger partial charge in [0.25, 0.3) is 5.69 Å². The van der Waals surface area contributed by atoms with Crippen LogP contribution < -0.4 is 5.73 Å². The van der Waals surface area contributed by atoms with Crippen molar-refractivity contribution in [3.05, 3.63) is 33.6 Å². The molecule has 0 bridgehead atoms. The Kier molecular flexibility index (Phi) is 2.84. The Morgan fingerprint density at radius 3 is 2.67 bits per heavy atom. The number of anilines is 1. The van der Waals surface area contributed by atoms with Crippen LogP contribution >= 0.6 is 0 Å². The molecular formula is C8H7FN2O4. The number of esters is 1. The molecule has 15 heavy (non-hydrogen) atoms. The molecule has 0 saturated heterocycles. The average Bonchev–Trinajstić information content (AvgIpc) is 2.20. The summed E-state index contributed by atoms with van der Waals surface area (Å²) in [4.78, 5) is 20.7. The highest BCUT2D eigenvalue weighted by Gasteiger charge is 2.26. The molecule has 6 nitrogen and oxygen atoms in total. The maximum atomic E-state index is 13.3. The zero-order chi connectivity index (χ0) is 11.6. The number of nitrogens with zero attached hydrogens (tertiary/aromatic N) is 1. The van der Waals surface area contributed by atoms with Crippen LogP contribution in [-0.2, 0) is 4.74 Å². The first-order valence-corrected chi connectivity index (χ1v) is 3.79. The molecule has 1 rings (SSSR count). The van der Waals surface area contributed by atoms with Crippen molar-refractivity contribution in [3.63, 3.8) is 0 Å². The third-order valence-corrected chi connectivity index (χ3v) is 1.74. The van der Waals surface area contributed by atoms with Crippen LogP contribution in [0.1, 0.15) is 10.4 Å². The van der Waals surface area contributed by atoms with Gasteiger partial charge in [-0.05, 0) is 6.07 Å². The van der Waals surface area contributed by atoms with Crippen LogP contribution in [0.2, 0.25) is 0 Å². The molecule has 2 N–H and O–H groups in total. The number of nitrogens with two attached hydrogens (primary N) is 1. The maximum Gasteiger partial charge on any atom is 0.348 e. The van der Waals surface area contributed by atoms with Gasteiger partial charge in [0, 0.05) is 6.07 Å². The van der Waals surface area contributed by atoms with Crippen molar-refractivity contribution in [2.45, 2.75) is 0 Å². The Morgan fingerprint density at radius 2 is 2.20 bits per heavy atom. The van der Waals surface area contributed by atoms with Gasteiger partial charge in [-0.15, -0.1) is 0 Å². The molecule has 0 atom stereocenters. The summed E-state index contributed by atoms with van der Waals surface area (Å²) < 4.78 is 17.6. The second-order valence-electron chi connectivity index (χ2n) is 2.61. The number of carbonyl (C=O) groups excluding carboxylic acids is 1. The van der Waals surface area contributed by atoms with Crippen molar-refractivity contribution in [2.75, 3.05) is 12.8 Å². The molecule has 7 heteroatoms. The average molecular weight is 214 g/mol. The summed E-state index contributed by atoms with van der Waals surface area (Å²) in [5, 5.41) is 10.5. The summed E-state index contributed by atoms with van der Waals surface area (Å²) in [7, 11) is 0.995. The number of hydrogen-bond acceptors (Lipinski definition) is 5. The molecule has 0 aromatic heterocycles. The first kappa shape index (κ1) is 10.9. The van der Waals surface area contributed by atoms with Gasteiger partial charge in [-0.25, -0.2) is 9.18 Å². The standard InChI is InChI=1S/C8H7FN2O4/c1-15-8(12)6-5(11(13)14)3-2-4(10)7(6)9/h2-3H,10H2,1H3. The van der Waals surface area contributed by atoms with Crippen molar-refractivity contribution in [2.24, 2.45) is 0 Å². The number of nitro benzene ring substituents is 1. The van der Waals surface area contributed by atoms with E-state index in [0.717, 1.165) is 19.2 Å². The van der Waals surface area contributed by atoms with Gasteiger partial charge >= 0.3 is 5.97 Å².